The van der Waals surface area contributed by atoms with Crippen LogP contribution >= 0.6 is 0 Å². The van der Waals surface area contributed by atoms with Gasteiger partial charge < -0.3 is 5.32 Å². The first-order chi connectivity index (χ1) is 7.16. The van der Waals surface area contributed by atoms with Crippen LogP contribution in [0.1, 0.15) is 40.0 Å². The van der Waals surface area contributed by atoms with E-state index in [4.69, 9.17) is 0 Å². The second-order valence-electron chi connectivity index (χ2n) is 4.85. The first kappa shape index (κ1) is 12.9. The molecule has 0 radical (unpaired) electrons. The lowest BCUT2D eigenvalue weighted by atomic mass is 9.91. The second-order valence-corrected chi connectivity index (χ2v) is 4.85. The summed E-state index contributed by atoms with van der Waals surface area (Å²) in [6, 6.07) is 0.557. The zero-order valence-electron chi connectivity index (χ0n) is 10.4. The number of rotatable bonds is 5. The van der Waals surface area contributed by atoms with Crippen molar-refractivity contribution >= 4 is 0 Å². The smallest absolute Gasteiger partial charge is 0.102 e. The lowest BCUT2D eigenvalue weighted by Gasteiger charge is -2.47. The Morgan fingerprint density at radius 2 is 2.20 bits per heavy atom. The van der Waals surface area contributed by atoms with E-state index in [1.165, 1.54) is 12.8 Å². The van der Waals surface area contributed by atoms with Crippen LogP contribution in [0, 0.1) is 0 Å². The highest BCUT2D eigenvalue weighted by Crippen LogP contribution is 2.23. The van der Waals surface area contributed by atoms with E-state index in [-0.39, 0.29) is 12.2 Å². The highest BCUT2D eigenvalue weighted by atomic mass is 19.1. The molecule has 1 rings (SSSR count). The molecule has 0 bridgehead atoms. The Kier molecular flexibility index (Phi) is 5.00. The minimum atomic E-state index is -0.228. The van der Waals surface area contributed by atoms with E-state index in [0.29, 0.717) is 12.6 Å². The van der Waals surface area contributed by atoms with Crippen molar-refractivity contribution in [2.75, 3.05) is 26.3 Å². The van der Waals surface area contributed by atoms with Gasteiger partial charge in [0.2, 0.25) is 0 Å². The zero-order valence-corrected chi connectivity index (χ0v) is 10.4. The fourth-order valence-electron chi connectivity index (χ4n) is 2.38. The molecule has 2 unspecified atom stereocenters. The molecule has 1 saturated heterocycles. The van der Waals surface area contributed by atoms with Gasteiger partial charge in [0, 0.05) is 31.2 Å². The predicted octanol–water partition coefficient (Wildman–Crippen LogP) is 2.20. The number of halogens is 1. The van der Waals surface area contributed by atoms with E-state index in [0.717, 1.165) is 19.5 Å². The van der Waals surface area contributed by atoms with E-state index in [9.17, 15) is 4.39 Å². The summed E-state index contributed by atoms with van der Waals surface area (Å²) in [6.45, 7) is 8.98. The Labute approximate surface area is 93.2 Å². The van der Waals surface area contributed by atoms with Crippen molar-refractivity contribution in [3.8, 4) is 0 Å². The lowest BCUT2D eigenvalue weighted by molar-refractivity contribution is 0.0419. The number of alkyl halides is 1. The standard InChI is InChI=1S/C12H25FN2/c1-4-6-11-9-15(8-7-13)12(3,5-2)10-14-11/h11,14H,4-10H2,1-3H3. The first-order valence-corrected chi connectivity index (χ1v) is 6.20. The van der Waals surface area contributed by atoms with Crippen molar-refractivity contribution in [2.45, 2.75) is 51.6 Å². The summed E-state index contributed by atoms with van der Waals surface area (Å²) in [5.74, 6) is 0. The SMILES string of the molecule is CCCC1CN(CCF)C(C)(CC)CN1. The Morgan fingerprint density at radius 3 is 2.73 bits per heavy atom. The van der Waals surface area contributed by atoms with Gasteiger partial charge in [0.1, 0.15) is 6.67 Å². The highest BCUT2D eigenvalue weighted by Gasteiger charge is 2.35. The monoisotopic (exact) mass is 216 g/mol. The molecular weight excluding hydrogens is 191 g/mol. The van der Waals surface area contributed by atoms with Gasteiger partial charge >= 0.3 is 0 Å². The third-order valence-electron chi connectivity index (χ3n) is 3.73. The molecule has 1 aliphatic rings. The molecule has 1 N–H and O–H groups in total. The molecule has 0 saturated carbocycles. The average molecular weight is 216 g/mol. The molecule has 1 fully saturated rings. The van der Waals surface area contributed by atoms with E-state index < -0.39 is 0 Å². The van der Waals surface area contributed by atoms with Crippen LogP contribution in [0.3, 0.4) is 0 Å². The molecule has 0 amide bonds. The summed E-state index contributed by atoms with van der Waals surface area (Å²) in [7, 11) is 0. The lowest BCUT2D eigenvalue weighted by Crippen LogP contribution is -2.63. The third-order valence-corrected chi connectivity index (χ3v) is 3.73. The Bertz CT molecular complexity index is 186. The summed E-state index contributed by atoms with van der Waals surface area (Å²) < 4.78 is 12.5. The molecule has 3 heteroatoms. The topological polar surface area (TPSA) is 15.3 Å². The van der Waals surface area contributed by atoms with Crippen LogP contribution in [0.15, 0.2) is 0 Å². The molecule has 0 aromatic rings. The van der Waals surface area contributed by atoms with Gasteiger partial charge in [-0.15, -0.1) is 0 Å². The number of piperazine rings is 1. The summed E-state index contributed by atoms with van der Waals surface area (Å²) >= 11 is 0. The molecule has 90 valence electrons. The third kappa shape index (κ3) is 3.15. The average Bonchev–Trinajstić information content (AvgIpc) is 2.24. The van der Waals surface area contributed by atoms with Gasteiger partial charge in [-0.05, 0) is 19.8 Å². The first-order valence-electron chi connectivity index (χ1n) is 6.20. The quantitative estimate of drug-likeness (QED) is 0.758. The molecule has 2 atom stereocenters. The number of nitrogens with zero attached hydrogens (tertiary/aromatic N) is 1. The molecule has 0 aromatic carbocycles. The van der Waals surface area contributed by atoms with Gasteiger partial charge in [0.05, 0.1) is 0 Å². The van der Waals surface area contributed by atoms with Crippen LogP contribution in [0.25, 0.3) is 0 Å². The van der Waals surface area contributed by atoms with Crippen LogP contribution in [0.2, 0.25) is 0 Å². The molecule has 15 heavy (non-hydrogen) atoms. The minimum Gasteiger partial charge on any atom is -0.311 e. The van der Waals surface area contributed by atoms with Crippen molar-refractivity contribution in [3.05, 3.63) is 0 Å². The van der Waals surface area contributed by atoms with Crippen molar-refractivity contribution in [3.63, 3.8) is 0 Å². The van der Waals surface area contributed by atoms with Gasteiger partial charge in [-0.2, -0.15) is 0 Å². The van der Waals surface area contributed by atoms with Gasteiger partial charge in [0.15, 0.2) is 0 Å². The second kappa shape index (κ2) is 5.80. The Hall–Kier alpha value is -0.150. The number of hydrogen-bond donors (Lipinski definition) is 1. The molecule has 1 heterocycles. The van der Waals surface area contributed by atoms with Crippen LogP contribution < -0.4 is 5.32 Å². The maximum atomic E-state index is 12.5. The molecule has 0 aromatic heterocycles. The maximum absolute atomic E-state index is 12.5. The van der Waals surface area contributed by atoms with Gasteiger partial charge in [0.25, 0.3) is 0 Å². The number of nitrogens with one attached hydrogen (secondary N) is 1. The summed E-state index contributed by atoms with van der Waals surface area (Å²) in [4.78, 5) is 2.32. The van der Waals surface area contributed by atoms with Crippen LogP contribution in [0.5, 0.6) is 0 Å². The van der Waals surface area contributed by atoms with Crippen molar-refractivity contribution in [1.82, 2.24) is 10.2 Å². The van der Waals surface area contributed by atoms with Gasteiger partial charge in [-0.3, -0.25) is 4.90 Å². The zero-order chi connectivity index (χ0) is 11.3. The van der Waals surface area contributed by atoms with E-state index in [2.05, 4.69) is 31.0 Å². The summed E-state index contributed by atoms with van der Waals surface area (Å²) in [5.41, 5.74) is 0.149. The van der Waals surface area contributed by atoms with Crippen molar-refractivity contribution < 1.29 is 4.39 Å². The van der Waals surface area contributed by atoms with Crippen molar-refractivity contribution in [2.24, 2.45) is 0 Å². The predicted molar refractivity (Wildman–Crippen MR) is 62.9 cm³/mol. The largest absolute Gasteiger partial charge is 0.311 e. The fraction of sp³-hybridized carbons (Fsp3) is 1.00. The Morgan fingerprint density at radius 1 is 1.47 bits per heavy atom. The molecular formula is C12H25FN2. The van der Waals surface area contributed by atoms with E-state index in [1.807, 2.05) is 0 Å². The molecule has 1 aliphatic heterocycles. The number of hydrogen-bond acceptors (Lipinski definition) is 2. The van der Waals surface area contributed by atoms with E-state index in [1.54, 1.807) is 0 Å². The molecule has 2 nitrogen and oxygen atoms in total. The van der Waals surface area contributed by atoms with Crippen molar-refractivity contribution in [1.29, 1.82) is 0 Å². The Balaban J connectivity index is 2.56. The van der Waals surface area contributed by atoms with Gasteiger partial charge in [-0.25, -0.2) is 4.39 Å². The van der Waals surface area contributed by atoms with Crippen LogP contribution in [-0.4, -0.2) is 42.8 Å². The van der Waals surface area contributed by atoms with E-state index >= 15 is 0 Å². The fourth-order valence-corrected chi connectivity index (χ4v) is 2.38. The molecule has 0 spiro atoms. The normalized spacial score (nSPS) is 33.2. The minimum absolute atomic E-state index is 0.149. The maximum Gasteiger partial charge on any atom is 0.102 e. The van der Waals surface area contributed by atoms with Crippen LogP contribution in [-0.2, 0) is 0 Å². The molecule has 0 aliphatic carbocycles. The van der Waals surface area contributed by atoms with Gasteiger partial charge in [-0.1, -0.05) is 20.3 Å². The van der Waals surface area contributed by atoms with Crippen LogP contribution in [0.4, 0.5) is 4.39 Å². The highest BCUT2D eigenvalue weighted by molar-refractivity contribution is 4.94. The summed E-state index contributed by atoms with van der Waals surface area (Å²) in [6.07, 6.45) is 3.48. The summed E-state index contributed by atoms with van der Waals surface area (Å²) in [5, 5.41) is 3.59.